The molecule has 2 unspecified atom stereocenters. The molecule has 0 aromatic heterocycles. The predicted octanol–water partition coefficient (Wildman–Crippen LogP) is 1.16. The van der Waals surface area contributed by atoms with E-state index in [2.05, 4.69) is 17.6 Å². The van der Waals surface area contributed by atoms with Gasteiger partial charge in [0.2, 0.25) is 5.91 Å². The zero-order valence-corrected chi connectivity index (χ0v) is 16.7. The number of carbonyl (C=O) groups excluding carboxylic acids is 1. The van der Waals surface area contributed by atoms with Crippen LogP contribution >= 0.6 is 0 Å². The Morgan fingerprint density at radius 3 is 2.00 bits per heavy atom. The largest absolute Gasteiger partial charge is 0.378 e. The number of likely N-dealkylation sites (N-methyl/N-ethyl adjacent to an activating group) is 1. The van der Waals surface area contributed by atoms with Gasteiger partial charge >= 0.3 is 0 Å². The highest BCUT2D eigenvalue weighted by Gasteiger charge is 2.18. The fourth-order valence-electron chi connectivity index (χ4n) is 1.83. The molecule has 0 saturated heterocycles. The number of ether oxygens (including phenoxy) is 4. The van der Waals surface area contributed by atoms with E-state index in [4.69, 9.17) is 18.9 Å². The zero-order valence-electron chi connectivity index (χ0n) is 16.7. The molecule has 26 heavy (non-hydrogen) atoms. The van der Waals surface area contributed by atoms with E-state index in [-0.39, 0.29) is 18.4 Å². The van der Waals surface area contributed by atoms with Gasteiger partial charge in [-0.2, -0.15) is 0 Å². The number of hydrogen-bond donors (Lipinski definition) is 2. The number of nitrogens with one attached hydrogen (secondary N) is 2. The lowest BCUT2D eigenvalue weighted by Crippen LogP contribution is -2.38. The summed E-state index contributed by atoms with van der Waals surface area (Å²) in [6, 6.07) is 0. The van der Waals surface area contributed by atoms with E-state index in [1.165, 1.54) is 0 Å². The molecule has 0 aliphatic rings. The van der Waals surface area contributed by atoms with Crippen LogP contribution in [-0.2, 0) is 23.7 Å². The number of alkyl halides is 1. The monoisotopic (exact) mass is 380 g/mol. The normalized spacial score (nSPS) is 13.8. The third-order valence-corrected chi connectivity index (χ3v) is 3.53. The van der Waals surface area contributed by atoms with Gasteiger partial charge < -0.3 is 29.6 Å². The van der Waals surface area contributed by atoms with Crippen molar-refractivity contribution in [3.63, 3.8) is 0 Å². The van der Waals surface area contributed by atoms with Crippen molar-refractivity contribution in [2.75, 3.05) is 65.9 Å². The van der Waals surface area contributed by atoms with E-state index >= 15 is 0 Å². The third-order valence-electron chi connectivity index (χ3n) is 3.53. The summed E-state index contributed by atoms with van der Waals surface area (Å²) in [6.07, 6.45) is -1.84. The number of halogens is 1. The molecule has 7 nitrogen and oxygen atoms in total. The molecule has 1 amide bonds. The first-order valence-corrected chi connectivity index (χ1v) is 9.46. The number of carbonyl (C=O) groups is 1. The van der Waals surface area contributed by atoms with Crippen LogP contribution in [0.1, 0.15) is 27.7 Å². The molecule has 0 aliphatic carbocycles. The lowest BCUT2D eigenvalue weighted by Gasteiger charge is -2.18. The second-order valence-corrected chi connectivity index (χ2v) is 6.18. The van der Waals surface area contributed by atoms with Gasteiger partial charge in [0.15, 0.2) is 0 Å². The van der Waals surface area contributed by atoms with E-state index in [9.17, 15) is 9.18 Å². The second-order valence-electron chi connectivity index (χ2n) is 6.18. The maximum absolute atomic E-state index is 13.9. The van der Waals surface area contributed by atoms with Crippen molar-refractivity contribution in [3.05, 3.63) is 0 Å². The molecule has 0 radical (unpaired) electrons. The molecule has 2 N–H and O–H groups in total. The van der Waals surface area contributed by atoms with Gasteiger partial charge in [-0.15, -0.1) is 0 Å². The topological polar surface area (TPSA) is 78.1 Å². The lowest BCUT2D eigenvalue weighted by molar-refractivity contribution is -0.124. The fraction of sp³-hybridized carbons (Fsp3) is 0.944. The lowest BCUT2D eigenvalue weighted by atomic mass is 10.2. The average molecular weight is 381 g/mol. The Labute approximate surface area is 157 Å². The summed E-state index contributed by atoms with van der Waals surface area (Å²) in [5, 5.41) is 5.73. The van der Waals surface area contributed by atoms with Crippen LogP contribution in [0.3, 0.4) is 0 Å². The molecule has 0 aliphatic heterocycles. The van der Waals surface area contributed by atoms with Crippen LogP contribution in [0.4, 0.5) is 4.39 Å². The fourth-order valence-corrected chi connectivity index (χ4v) is 1.83. The first-order valence-electron chi connectivity index (χ1n) is 9.46. The minimum Gasteiger partial charge on any atom is -0.378 e. The quantitative estimate of drug-likeness (QED) is 0.348. The van der Waals surface area contributed by atoms with Gasteiger partial charge in [-0.25, -0.2) is 4.39 Å². The summed E-state index contributed by atoms with van der Waals surface area (Å²) >= 11 is 0. The zero-order chi connectivity index (χ0) is 19.6. The van der Waals surface area contributed by atoms with Crippen LogP contribution in [0, 0.1) is 5.92 Å². The maximum Gasteiger partial charge on any atom is 0.222 e. The standard InChI is InChI=1S/C18H37FN2O5/c1-5-20-6-7-23-8-9-24-10-11-25-12-13-26-16(4)17(19)14-21-18(22)15(2)3/h15-17,20H,5-14H2,1-4H3,(H,21,22). The molecule has 0 saturated carbocycles. The van der Waals surface area contributed by atoms with Crippen LogP contribution in [0.5, 0.6) is 0 Å². The minimum absolute atomic E-state index is 0.0382. The van der Waals surface area contributed by atoms with Gasteiger partial charge in [0.25, 0.3) is 0 Å². The molecule has 0 aromatic carbocycles. The summed E-state index contributed by atoms with van der Waals surface area (Å²) in [7, 11) is 0. The van der Waals surface area contributed by atoms with E-state index < -0.39 is 12.3 Å². The molecule has 2 atom stereocenters. The summed E-state index contributed by atoms with van der Waals surface area (Å²) < 4.78 is 35.3. The first kappa shape index (κ1) is 25.2. The van der Waals surface area contributed by atoms with Gasteiger partial charge in [-0.1, -0.05) is 20.8 Å². The first-order chi connectivity index (χ1) is 12.5. The highest BCUT2D eigenvalue weighted by atomic mass is 19.1. The Bertz CT molecular complexity index is 335. The Morgan fingerprint density at radius 2 is 1.46 bits per heavy atom. The molecule has 0 fully saturated rings. The Morgan fingerprint density at radius 1 is 0.923 bits per heavy atom. The molecule has 0 aromatic rings. The molecule has 156 valence electrons. The van der Waals surface area contributed by atoms with Crippen LogP contribution in [0.15, 0.2) is 0 Å². The molecule has 0 rings (SSSR count). The molecular weight excluding hydrogens is 343 g/mol. The van der Waals surface area contributed by atoms with Gasteiger partial charge in [-0.3, -0.25) is 4.79 Å². The van der Waals surface area contributed by atoms with Gasteiger partial charge in [0.1, 0.15) is 6.17 Å². The van der Waals surface area contributed by atoms with Crippen molar-refractivity contribution >= 4 is 5.91 Å². The highest BCUT2D eigenvalue weighted by molar-refractivity contribution is 5.77. The Balaban J connectivity index is 3.37. The van der Waals surface area contributed by atoms with Crippen LogP contribution < -0.4 is 10.6 Å². The maximum atomic E-state index is 13.9. The van der Waals surface area contributed by atoms with E-state index in [0.717, 1.165) is 13.1 Å². The van der Waals surface area contributed by atoms with Gasteiger partial charge in [0, 0.05) is 12.5 Å². The van der Waals surface area contributed by atoms with Crippen molar-refractivity contribution in [1.29, 1.82) is 0 Å². The second kappa shape index (κ2) is 17.6. The molecule has 0 bridgehead atoms. The van der Waals surface area contributed by atoms with E-state index in [0.29, 0.717) is 46.2 Å². The number of amides is 1. The smallest absolute Gasteiger partial charge is 0.222 e. The molecule has 0 heterocycles. The van der Waals surface area contributed by atoms with Crippen molar-refractivity contribution in [2.24, 2.45) is 5.92 Å². The van der Waals surface area contributed by atoms with Crippen molar-refractivity contribution in [1.82, 2.24) is 10.6 Å². The number of hydrogen-bond acceptors (Lipinski definition) is 6. The van der Waals surface area contributed by atoms with Gasteiger partial charge in [-0.05, 0) is 13.5 Å². The van der Waals surface area contributed by atoms with Crippen molar-refractivity contribution in [2.45, 2.75) is 40.0 Å². The summed E-state index contributed by atoms with van der Waals surface area (Å²) in [5.74, 6) is -0.315. The summed E-state index contributed by atoms with van der Waals surface area (Å²) in [4.78, 5) is 11.4. The Hall–Kier alpha value is -0.800. The third kappa shape index (κ3) is 15.5. The molecule has 0 spiro atoms. The van der Waals surface area contributed by atoms with Crippen molar-refractivity contribution in [3.8, 4) is 0 Å². The van der Waals surface area contributed by atoms with E-state index in [1.807, 2.05) is 0 Å². The van der Waals surface area contributed by atoms with Crippen LogP contribution in [-0.4, -0.2) is 84.1 Å². The SMILES string of the molecule is CCNCCOCCOCCOCCOC(C)C(F)CNC(=O)C(C)C. The molecular formula is C18H37FN2O5. The highest BCUT2D eigenvalue weighted by Crippen LogP contribution is 2.03. The van der Waals surface area contributed by atoms with Crippen molar-refractivity contribution < 1.29 is 28.1 Å². The minimum atomic E-state index is -1.24. The summed E-state index contributed by atoms with van der Waals surface area (Å²) in [6.45, 7) is 12.4. The van der Waals surface area contributed by atoms with Crippen LogP contribution in [0.2, 0.25) is 0 Å². The predicted molar refractivity (Wildman–Crippen MR) is 99.2 cm³/mol. The van der Waals surface area contributed by atoms with Gasteiger partial charge in [0.05, 0.1) is 58.9 Å². The molecule has 8 heteroatoms. The summed E-state index contributed by atoms with van der Waals surface area (Å²) in [5.41, 5.74) is 0. The Kier molecular flexibility index (Phi) is 17.1. The number of rotatable bonds is 18. The van der Waals surface area contributed by atoms with Crippen LogP contribution in [0.25, 0.3) is 0 Å². The average Bonchev–Trinajstić information content (AvgIpc) is 2.62. The van der Waals surface area contributed by atoms with E-state index in [1.54, 1.807) is 20.8 Å².